The number of hydrogen-bond donors (Lipinski definition) is 1. The van der Waals surface area contributed by atoms with Gasteiger partial charge in [-0.25, -0.2) is 0 Å². The van der Waals surface area contributed by atoms with E-state index in [2.05, 4.69) is 62.4 Å². The van der Waals surface area contributed by atoms with Crippen molar-refractivity contribution in [2.24, 2.45) is 0 Å². The van der Waals surface area contributed by atoms with Crippen LogP contribution in [0.2, 0.25) is 0 Å². The predicted molar refractivity (Wildman–Crippen MR) is 107 cm³/mol. The summed E-state index contributed by atoms with van der Waals surface area (Å²) >= 11 is 0. The van der Waals surface area contributed by atoms with Gasteiger partial charge >= 0.3 is 5.97 Å². The Morgan fingerprint density at radius 2 is 1.41 bits per heavy atom. The molecule has 4 heteroatoms. The Morgan fingerprint density at radius 1 is 0.963 bits per heavy atom. The van der Waals surface area contributed by atoms with Crippen LogP contribution in [0.4, 0.5) is 0 Å². The minimum absolute atomic E-state index is 0.0975. The molecule has 27 heavy (non-hydrogen) atoms. The zero-order valence-corrected chi connectivity index (χ0v) is 16.4. The van der Waals surface area contributed by atoms with Gasteiger partial charge in [0.2, 0.25) is 0 Å². The molecule has 3 rings (SSSR count). The van der Waals surface area contributed by atoms with E-state index in [1.807, 2.05) is 4.90 Å². The second-order valence-corrected chi connectivity index (χ2v) is 7.59. The molecule has 0 amide bonds. The quantitative estimate of drug-likeness (QED) is 0.825. The number of carboxylic acids is 1. The molecule has 0 radical (unpaired) electrons. The summed E-state index contributed by atoms with van der Waals surface area (Å²) in [5.74, 6) is -0.758. The first-order valence-corrected chi connectivity index (χ1v) is 9.69. The molecule has 1 saturated heterocycles. The van der Waals surface area contributed by atoms with E-state index in [0.29, 0.717) is 0 Å². The number of ether oxygens (including phenoxy) is 1. The van der Waals surface area contributed by atoms with Crippen LogP contribution >= 0.6 is 0 Å². The maximum atomic E-state index is 11.2. The topological polar surface area (TPSA) is 49.8 Å². The number of aliphatic carboxylic acids is 1. The fourth-order valence-corrected chi connectivity index (χ4v) is 3.58. The second kappa shape index (κ2) is 8.68. The highest BCUT2D eigenvalue weighted by atomic mass is 16.5. The second-order valence-electron chi connectivity index (χ2n) is 7.59. The van der Waals surface area contributed by atoms with Crippen LogP contribution in [-0.4, -0.2) is 41.2 Å². The van der Waals surface area contributed by atoms with E-state index >= 15 is 0 Å². The van der Waals surface area contributed by atoms with Gasteiger partial charge in [-0.3, -0.25) is 9.69 Å². The number of hydrogen-bond acceptors (Lipinski definition) is 3. The van der Waals surface area contributed by atoms with Crippen molar-refractivity contribution < 1.29 is 14.6 Å². The Bertz CT molecular complexity index is 701. The highest BCUT2D eigenvalue weighted by Crippen LogP contribution is 2.30. The van der Waals surface area contributed by atoms with Crippen LogP contribution < -0.4 is 0 Å². The van der Waals surface area contributed by atoms with Crippen LogP contribution in [0.1, 0.15) is 48.1 Å². The molecule has 0 saturated carbocycles. The molecule has 1 N–H and O–H groups in total. The largest absolute Gasteiger partial charge is 0.480 e. The van der Waals surface area contributed by atoms with Gasteiger partial charge in [-0.1, -0.05) is 59.7 Å². The average Bonchev–Trinajstić information content (AvgIpc) is 2.67. The lowest BCUT2D eigenvalue weighted by Gasteiger charge is -2.36. The van der Waals surface area contributed by atoms with Crippen molar-refractivity contribution in [3.05, 3.63) is 70.8 Å². The Morgan fingerprint density at radius 3 is 1.81 bits per heavy atom. The molecule has 0 aliphatic carbocycles. The number of carbonyl (C=O) groups is 1. The highest BCUT2D eigenvalue weighted by molar-refractivity contribution is 5.72. The fourth-order valence-electron chi connectivity index (χ4n) is 3.58. The van der Waals surface area contributed by atoms with E-state index < -0.39 is 12.0 Å². The normalized spacial score (nSPS) is 17.2. The van der Waals surface area contributed by atoms with Crippen molar-refractivity contribution in [3.63, 3.8) is 0 Å². The smallest absolute Gasteiger partial charge is 0.320 e. The summed E-state index contributed by atoms with van der Waals surface area (Å²) in [6.07, 6.45) is 1.74. The third-order valence-electron chi connectivity index (χ3n) is 5.47. The predicted octanol–water partition coefficient (Wildman–Crippen LogP) is 4.35. The molecule has 4 nitrogen and oxygen atoms in total. The van der Waals surface area contributed by atoms with Crippen molar-refractivity contribution in [2.75, 3.05) is 13.1 Å². The molecule has 2 aromatic rings. The van der Waals surface area contributed by atoms with Gasteiger partial charge in [0.25, 0.3) is 0 Å². The number of piperidine rings is 1. The zero-order valence-electron chi connectivity index (χ0n) is 16.4. The van der Waals surface area contributed by atoms with Crippen molar-refractivity contribution in [2.45, 2.75) is 51.9 Å². The molecular weight excluding hydrogens is 338 g/mol. The Labute approximate surface area is 161 Å². The van der Waals surface area contributed by atoms with Gasteiger partial charge in [0.05, 0.1) is 6.10 Å². The fraction of sp³-hybridized carbons (Fsp3) is 0.435. The molecule has 1 aliphatic heterocycles. The number of rotatable bonds is 6. The van der Waals surface area contributed by atoms with Crippen LogP contribution in [0.25, 0.3) is 0 Å². The maximum absolute atomic E-state index is 11.2. The Kier molecular flexibility index (Phi) is 6.30. The van der Waals surface area contributed by atoms with Gasteiger partial charge in [-0.15, -0.1) is 0 Å². The Balaban J connectivity index is 1.73. The van der Waals surface area contributed by atoms with Crippen molar-refractivity contribution in [1.82, 2.24) is 4.90 Å². The molecule has 1 atom stereocenters. The number of nitrogens with zero attached hydrogens (tertiary/aromatic N) is 1. The molecule has 1 unspecified atom stereocenters. The van der Waals surface area contributed by atoms with Crippen LogP contribution in [0.3, 0.4) is 0 Å². The van der Waals surface area contributed by atoms with Crippen LogP contribution in [-0.2, 0) is 9.53 Å². The first-order chi connectivity index (χ1) is 12.9. The van der Waals surface area contributed by atoms with E-state index in [9.17, 15) is 9.90 Å². The first-order valence-electron chi connectivity index (χ1n) is 9.69. The molecule has 0 aromatic heterocycles. The summed E-state index contributed by atoms with van der Waals surface area (Å²) < 4.78 is 6.56. The number of benzene rings is 2. The van der Waals surface area contributed by atoms with Gasteiger partial charge in [0.1, 0.15) is 12.1 Å². The zero-order chi connectivity index (χ0) is 19.4. The van der Waals surface area contributed by atoms with E-state index in [4.69, 9.17) is 4.74 Å². The maximum Gasteiger partial charge on any atom is 0.320 e. The molecule has 0 spiro atoms. The lowest BCUT2D eigenvalue weighted by molar-refractivity contribution is -0.144. The van der Waals surface area contributed by atoms with Gasteiger partial charge in [-0.05, 0) is 44.7 Å². The highest BCUT2D eigenvalue weighted by Gasteiger charge is 2.28. The third-order valence-corrected chi connectivity index (χ3v) is 5.47. The van der Waals surface area contributed by atoms with E-state index in [1.54, 1.807) is 6.92 Å². The summed E-state index contributed by atoms with van der Waals surface area (Å²) in [7, 11) is 0. The van der Waals surface area contributed by atoms with Crippen molar-refractivity contribution in [3.8, 4) is 0 Å². The van der Waals surface area contributed by atoms with Crippen LogP contribution in [0.15, 0.2) is 48.5 Å². The van der Waals surface area contributed by atoms with Gasteiger partial charge < -0.3 is 9.84 Å². The minimum atomic E-state index is -0.758. The monoisotopic (exact) mass is 367 g/mol. The average molecular weight is 367 g/mol. The van der Waals surface area contributed by atoms with E-state index in [0.717, 1.165) is 37.1 Å². The molecule has 2 aromatic carbocycles. The van der Waals surface area contributed by atoms with Gasteiger partial charge in [0.15, 0.2) is 0 Å². The first kappa shape index (κ1) is 19.6. The standard InChI is InChI=1S/C23H29NO3/c1-16-4-8-19(9-5-16)22(20-10-6-17(2)7-11-20)27-21-12-14-24(15-13-21)18(3)23(25)26/h4-11,18,21-22H,12-15H2,1-3H3,(H,25,26). The third kappa shape index (κ3) is 4.96. The van der Waals surface area contributed by atoms with Crippen LogP contribution in [0.5, 0.6) is 0 Å². The molecule has 1 aliphatic rings. The summed E-state index contributed by atoms with van der Waals surface area (Å²) in [6.45, 7) is 7.44. The van der Waals surface area contributed by atoms with Crippen LogP contribution in [0, 0.1) is 13.8 Å². The lowest BCUT2D eigenvalue weighted by Crippen LogP contribution is -2.45. The SMILES string of the molecule is Cc1ccc(C(OC2CCN(C(C)C(=O)O)CC2)c2ccc(C)cc2)cc1. The lowest BCUT2D eigenvalue weighted by atomic mass is 9.98. The summed E-state index contributed by atoms with van der Waals surface area (Å²) in [5, 5.41) is 9.21. The molecule has 0 bridgehead atoms. The summed E-state index contributed by atoms with van der Waals surface area (Å²) in [4.78, 5) is 13.2. The van der Waals surface area contributed by atoms with Crippen molar-refractivity contribution in [1.29, 1.82) is 0 Å². The summed E-state index contributed by atoms with van der Waals surface area (Å²) in [6, 6.07) is 16.6. The van der Waals surface area contributed by atoms with E-state index in [1.165, 1.54) is 11.1 Å². The molecule has 1 fully saturated rings. The molecule has 1 heterocycles. The van der Waals surface area contributed by atoms with Gasteiger partial charge in [-0.2, -0.15) is 0 Å². The number of carboxylic acid groups (broad SMARTS) is 1. The Hall–Kier alpha value is -2.17. The van der Waals surface area contributed by atoms with E-state index in [-0.39, 0.29) is 12.2 Å². The van der Waals surface area contributed by atoms with Gasteiger partial charge in [0, 0.05) is 13.1 Å². The number of aryl methyl sites for hydroxylation is 2. The molecular formula is C23H29NO3. The van der Waals surface area contributed by atoms with Crippen molar-refractivity contribution >= 4 is 5.97 Å². The summed E-state index contributed by atoms with van der Waals surface area (Å²) in [5.41, 5.74) is 4.78. The molecule has 144 valence electrons. The number of likely N-dealkylation sites (tertiary alicyclic amines) is 1. The minimum Gasteiger partial charge on any atom is -0.480 e.